The molecule has 1 atom stereocenters. The zero-order valence-corrected chi connectivity index (χ0v) is 12.4. The quantitative estimate of drug-likeness (QED) is 0.632. The Morgan fingerprint density at radius 2 is 2.24 bits per heavy atom. The number of hydrogen-bond donors (Lipinski definition) is 2. The molecule has 1 unspecified atom stereocenters. The molecule has 0 saturated carbocycles. The molecule has 6 heteroatoms. The normalized spacial score (nSPS) is 17.1. The molecule has 0 fully saturated rings. The van der Waals surface area contributed by atoms with Crippen molar-refractivity contribution in [2.24, 2.45) is 0 Å². The lowest BCUT2D eigenvalue weighted by molar-refractivity contribution is -0.128. The Bertz CT molecular complexity index is 545. The Balaban J connectivity index is 2.14. The number of benzene rings is 1. The molecule has 2 rings (SSSR count). The van der Waals surface area contributed by atoms with Gasteiger partial charge in [0.25, 0.3) is 5.91 Å². The summed E-state index contributed by atoms with van der Waals surface area (Å²) in [6, 6.07) is 5.06. The Morgan fingerprint density at radius 3 is 2.95 bits per heavy atom. The van der Waals surface area contributed by atoms with Crippen molar-refractivity contribution in [1.82, 2.24) is 5.32 Å². The van der Waals surface area contributed by atoms with Gasteiger partial charge >= 0.3 is 0 Å². The fourth-order valence-electron chi connectivity index (χ4n) is 2.19. The minimum absolute atomic E-state index is 0.00678. The third-order valence-corrected chi connectivity index (χ3v) is 3.35. The number of carbonyl (C=O) groups excluding carboxylic acids is 2. The predicted octanol–water partition coefficient (Wildman–Crippen LogP) is 1.30. The highest BCUT2D eigenvalue weighted by molar-refractivity contribution is 6.03. The maximum atomic E-state index is 12.2. The molecule has 6 nitrogen and oxygen atoms in total. The fourth-order valence-corrected chi connectivity index (χ4v) is 2.19. The molecule has 0 saturated heterocycles. The van der Waals surface area contributed by atoms with Gasteiger partial charge in [0.05, 0.1) is 5.69 Å². The molecular weight excluding hydrogens is 270 g/mol. The second-order valence-corrected chi connectivity index (χ2v) is 5.12. The summed E-state index contributed by atoms with van der Waals surface area (Å²) in [5, 5.41) is 2.81. The third-order valence-electron chi connectivity index (χ3n) is 3.35. The topological polar surface area (TPSA) is 84.7 Å². The summed E-state index contributed by atoms with van der Waals surface area (Å²) in [4.78, 5) is 25.6. The van der Waals surface area contributed by atoms with E-state index in [4.69, 9.17) is 10.5 Å². The minimum Gasteiger partial charge on any atom is -0.479 e. The van der Waals surface area contributed by atoms with Gasteiger partial charge in [0.2, 0.25) is 5.91 Å². The van der Waals surface area contributed by atoms with Crippen molar-refractivity contribution in [3.05, 3.63) is 18.2 Å². The Morgan fingerprint density at radius 1 is 1.48 bits per heavy atom. The monoisotopic (exact) mass is 291 g/mol. The van der Waals surface area contributed by atoms with Gasteiger partial charge in [-0.2, -0.15) is 0 Å². The van der Waals surface area contributed by atoms with Crippen LogP contribution in [0.25, 0.3) is 0 Å². The summed E-state index contributed by atoms with van der Waals surface area (Å²) in [6.45, 7) is 4.33. The van der Waals surface area contributed by atoms with Crippen molar-refractivity contribution in [2.75, 3.05) is 23.7 Å². The average Bonchev–Trinajstić information content (AvgIpc) is 2.44. The molecule has 1 aromatic carbocycles. The van der Waals surface area contributed by atoms with Crippen LogP contribution in [0.4, 0.5) is 11.4 Å². The van der Waals surface area contributed by atoms with E-state index >= 15 is 0 Å². The molecule has 21 heavy (non-hydrogen) atoms. The zero-order valence-electron chi connectivity index (χ0n) is 12.4. The number of carbonyl (C=O) groups is 2. The minimum atomic E-state index is -0.622. The maximum Gasteiger partial charge on any atom is 0.268 e. The number of nitrogens with one attached hydrogen (secondary N) is 1. The molecule has 0 aliphatic carbocycles. The number of nitrogens with zero attached hydrogens (tertiary/aromatic N) is 1. The number of unbranched alkanes of at least 4 members (excludes halogenated alkanes) is 1. The predicted molar refractivity (Wildman–Crippen MR) is 81.2 cm³/mol. The van der Waals surface area contributed by atoms with Gasteiger partial charge < -0.3 is 15.8 Å². The Labute approximate surface area is 124 Å². The van der Waals surface area contributed by atoms with Gasteiger partial charge in [-0.15, -0.1) is 0 Å². The van der Waals surface area contributed by atoms with Crippen LogP contribution < -0.4 is 20.7 Å². The molecule has 2 amide bonds. The van der Waals surface area contributed by atoms with Crippen molar-refractivity contribution in [2.45, 2.75) is 32.8 Å². The van der Waals surface area contributed by atoms with Crippen LogP contribution in [0.5, 0.6) is 5.75 Å². The number of rotatable bonds is 5. The first-order valence-electron chi connectivity index (χ1n) is 7.17. The molecule has 1 aromatic rings. The second-order valence-electron chi connectivity index (χ2n) is 5.12. The molecule has 1 aliphatic heterocycles. The molecule has 114 valence electrons. The van der Waals surface area contributed by atoms with Gasteiger partial charge in [0, 0.05) is 18.3 Å². The van der Waals surface area contributed by atoms with Crippen LogP contribution >= 0.6 is 0 Å². The highest BCUT2D eigenvalue weighted by Crippen LogP contribution is 2.35. The van der Waals surface area contributed by atoms with Crippen LogP contribution in [0.3, 0.4) is 0 Å². The molecular formula is C15H21N3O3. The van der Waals surface area contributed by atoms with Crippen LogP contribution in [-0.4, -0.2) is 31.0 Å². The van der Waals surface area contributed by atoms with E-state index in [1.807, 2.05) is 0 Å². The molecule has 0 spiro atoms. The van der Waals surface area contributed by atoms with E-state index in [1.54, 1.807) is 25.1 Å². The van der Waals surface area contributed by atoms with Crippen LogP contribution in [-0.2, 0) is 9.59 Å². The molecule has 3 N–H and O–H groups in total. The number of nitrogens with two attached hydrogens (primary N) is 1. The van der Waals surface area contributed by atoms with Gasteiger partial charge in [0.1, 0.15) is 12.3 Å². The molecule has 1 aliphatic rings. The van der Waals surface area contributed by atoms with E-state index in [-0.39, 0.29) is 18.4 Å². The van der Waals surface area contributed by atoms with Gasteiger partial charge in [-0.25, -0.2) is 0 Å². The smallest absolute Gasteiger partial charge is 0.268 e. The van der Waals surface area contributed by atoms with Gasteiger partial charge in [-0.3, -0.25) is 14.5 Å². The summed E-state index contributed by atoms with van der Waals surface area (Å²) >= 11 is 0. The second kappa shape index (κ2) is 6.47. The van der Waals surface area contributed by atoms with Crippen molar-refractivity contribution in [3.8, 4) is 5.75 Å². The van der Waals surface area contributed by atoms with Crippen molar-refractivity contribution < 1.29 is 14.3 Å². The third kappa shape index (κ3) is 3.45. The molecule has 0 aromatic heterocycles. The van der Waals surface area contributed by atoms with E-state index in [2.05, 4.69) is 12.2 Å². The van der Waals surface area contributed by atoms with Crippen LogP contribution in [0, 0.1) is 0 Å². The summed E-state index contributed by atoms with van der Waals surface area (Å²) in [7, 11) is 0. The van der Waals surface area contributed by atoms with E-state index in [0.29, 0.717) is 23.7 Å². The van der Waals surface area contributed by atoms with E-state index in [9.17, 15) is 9.59 Å². The van der Waals surface area contributed by atoms with Crippen LogP contribution in [0.1, 0.15) is 26.7 Å². The summed E-state index contributed by atoms with van der Waals surface area (Å²) < 4.78 is 5.53. The van der Waals surface area contributed by atoms with Crippen LogP contribution in [0.15, 0.2) is 18.2 Å². The number of ether oxygens (including phenoxy) is 1. The van der Waals surface area contributed by atoms with E-state index < -0.39 is 6.10 Å². The number of amides is 2. The highest BCUT2D eigenvalue weighted by Gasteiger charge is 2.32. The van der Waals surface area contributed by atoms with Crippen molar-refractivity contribution in [1.29, 1.82) is 0 Å². The zero-order chi connectivity index (χ0) is 15.4. The first kappa shape index (κ1) is 15.2. The Kier molecular flexibility index (Phi) is 4.67. The molecule has 0 radical (unpaired) electrons. The SMILES string of the molecule is CCCCNC(=O)CN1C(=O)C(C)Oc2cc(N)ccc21. The van der Waals surface area contributed by atoms with Gasteiger partial charge in [-0.05, 0) is 25.5 Å². The lowest BCUT2D eigenvalue weighted by atomic mass is 10.1. The standard InChI is InChI=1S/C15H21N3O3/c1-3-4-7-17-14(19)9-18-12-6-5-11(16)8-13(12)21-10(2)15(18)20/h5-6,8,10H,3-4,7,9,16H2,1-2H3,(H,17,19). The first-order valence-corrected chi connectivity index (χ1v) is 7.17. The first-order chi connectivity index (χ1) is 10.0. The largest absolute Gasteiger partial charge is 0.479 e. The highest BCUT2D eigenvalue weighted by atomic mass is 16.5. The van der Waals surface area contributed by atoms with Gasteiger partial charge in [-0.1, -0.05) is 13.3 Å². The fraction of sp³-hybridized carbons (Fsp3) is 0.467. The number of anilines is 2. The number of nitrogen functional groups attached to an aromatic ring is 1. The lowest BCUT2D eigenvalue weighted by Gasteiger charge is -2.32. The average molecular weight is 291 g/mol. The summed E-state index contributed by atoms with van der Waals surface area (Å²) in [6.07, 6.45) is 1.31. The molecule has 0 bridgehead atoms. The number of hydrogen-bond acceptors (Lipinski definition) is 4. The summed E-state index contributed by atoms with van der Waals surface area (Å²) in [5.41, 5.74) is 6.87. The maximum absolute atomic E-state index is 12.2. The van der Waals surface area contributed by atoms with Crippen LogP contribution in [0.2, 0.25) is 0 Å². The van der Waals surface area contributed by atoms with E-state index in [0.717, 1.165) is 12.8 Å². The lowest BCUT2D eigenvalue weighted by Crippen LogP contribution is -2.48. The number of fused-ring (bicyclic) bond motifs is 1. The Hall–Kier alpha value is -2.24. The molecule has 1 heterocycles. The summed E-state index contributed by atoms with van der Waals surface area (Å²) in [5.74, 6) is 0.134. The van der Waals surface area contributed by atoms with Crippen molar-refractivity contribution in [3.63, 3.8) is 0 Å². The van der Waals surface area contributed by atoms with E-state index in [1.165, 1.54) is 4.90 Å². The van der Waals surface area contributed by atoms with Crippen molar-refractivity contribution >= 4 is 23.2 Å². The van der Waals surface area contributed by atoms with Gasteiger partial charge in [0.15, 0.2) is 6.10 Å².